The molecule has 2 aliphatic rings. The summed E-state index contributed by atoms with van der Waals surface area (Å²) in [5.74, 6) is 0.515. The molecule has 0 bridgehead atoms. The molecular weight excluding hydrogens is 400 g/mol. The molecule has 6 nitrogen and oxygen atoms in total. The van der Waals surface area contributed by atoms with Crippen LogP contribution in [0.1, 0.15) is 48.1 Å². The van der Waals surface area contributed by atoms with Gasteiger partial charge in [0, 0.05) is 31.4 Å². The number of imidazole rings is 1. The summed E-state index contributed by atoms with van der Waals surface area (Å²) in [5, 5.41) is 4.68. The lowest BCUT2D eigenvalue weighted by atomic mass is 9.76. The van der Waals surface area contributed by atoms with E-state index < -0.39 is 0 Å². The first-order chi connectivity index (χ1) is 15.5. The van der Waals surface area contributed by atoms with Crippen LogP contribution in [-0.4, -0.2) is 51.7 Å². The molecular formula is C26H32N4O2. The van der Waals surface area contributed by atoms with Gasteiger partial charge in [0.2, 0.25) is 5.91 Å². The van der Waals surface area contributed by atoms with E-state index in [2.05, 4.69) is 47.0 Å². The van der Waals surface area contributed by atoms with Crippen molar-refractivity contribution in [3.8, 4) is 0 Å². The predicted octanol–water partition coefficient (Wildman–Crippen LogP) is 3.88. The molecule has 1 saturated heterocycles. The number of nitrogens with zero attached hydrogens (tertiary/aromatic N) is 4. The highest BCUT2D eigenvalue weighted by molar-refractivity contribution is 5.89. The molecule has 3 aromatic rings. The molecule has 32 heavy (non-hydrogen) atoms. The van der Waals surface area contributed by atoms with E-state index in [-0.39, 0.29) is 17.2 Å². The third-order valence-electron chi connectivity index (χ3n) is 7.07. The van der Waals surface area contributed by atoms with Gasteiger partial charge in [-0.05, 0) is 50.8 Å². The van der Waals surface area contributed by atoms with Gasteiger partial charge in [-0.15, -0.1) is 0 Å². The maximum atomic E-state index is 14.1. The van der Waals surface area contributed by atoms with Gasteiger partial charge in [0.15, 0.2) is 5.65 Å². The highest BCUT2D eigenvalue weighted by Gasteiger charge is 2.45. The molecule has 1 amide bonds. The largest absolute Gasteiger partial charge is 0.379 e. The Kier molecular flexibility index (Phi) is 5.72. The van der Waals surface area contributed by atoms with Gasteiger partial charge in [-0.2, -0.15) is 5.10 Å². The van der Waals surface area contributed by atoms with Crippen molar-refractivity contribution in [2.24, 2.45) is 5.92 Å². The fourth-order valence-electron chi connectivity index (χ4n) is 5.61. The van der Waals surface area contributed by atoms with Crippen molar-refractivity contribution >= 4 is 11.6 Å². The molecule has 1 aliphatic heterocycles. The summed E-state index contributed by atoms with van der Waals surface area (Å²) in [6, 6.07) is 10.7. The summed E-state index contributed by atoms with van der Waals surface area (Å²) in [7, 11) is 0. The first-order valence-corrected chi connectivity index (χ1v) is 11.8. The molecule has 168 valence electrons. The van der Waals surface area contributed by atoms with Crippen LogP contribution in [0.3, 0.4) is 0 Å². The molecule has 0 spiro atoms. The Morgan fingerprint density at radius 2 is 1.94 bits per heavy atom. The number of aryl methyl sites for hydroxylation is 2. The van der Waals surface area contributed by atoms with E-state index >= 15 is 0 Å². The van der Waals surface area contributed by atoms with Crippen molar-refractivity contribution in [3.05, 3.63) is 65.1 Å². The minimum absolute atomic E-state index is 0.229. The number of benzene rings is 1. The number of ether oxygens (including phenoxy) is 1. The molecule has 2 aromatic heterocycles. The monoisotopic (exact) mass is 432 g/mol. The maximum Gasteiger partial charge on any atom is 0.233 e. The summed E-state index contributed by atoms with van der Waals surface area (Å²) < 4.78 is 7.74. The van der Waals surface area contributed by atoms with Crippen LogP contribution >= 0.6 is 0 Å². The average Bonchev–Trinajstić information content (AvgIpc) is 3.39. The number of rotatable bonds is 4. The van der Waals surface area contributed by atoms with E-state index in [1.165, 1.54) is 16.7 Å². The Bertz CT molecular complexity index is 1100. The quantitative estimate of drug-likeness (QED) is 0.628. The SMILES string of the molecule is Cc1cc(C)cc(C2(C(=O)N3CCOC[C@@H](Cc4ccc5nccn5n4)C3)CCCC2)c1. The van der Waals surface area contributed by atoms with Crippen molar-refractivity contribution < 1.29 is 9.53 Å². The van der Waals surface area contributed by atoms with Gasteiger partial charge in [0.25, 0.3) is 0 Å². The van der Waals surface area contributed by atoms with Crippen LogP contribution in [0, 0.1) is 19.8 Å². The van der Waals surface area contributed by atoms with E-state index in [0.717, 1.165) is 50.0 Å². The third-order valence-corrected chi connectivity index (χ3v) is 7.07. The zero-order valence-electron chi connectivity index (χ0n) is 19.1. The zero-order valence-corrected chi connectivity index (χ0v) is 19.1. The predicted molar refractivity (Wildman–Crippen MR) is 124 cm³/mol. The summed E-state index contributed by atoms with van der Waals surface area (Å²) >= 11 is 0. The first-order valence-electron chi connectivity index (χ1n) is 11.8. The minimum atomic E-state index is -0.389. The molecule has 0 radical (unpaired) electrons. The van der Waals surface area contributed by atoms with Crippen molar-refractivity contribution in [1.82, 2.24) is 19.5 Å². The first kappa shape index (κ1) is 21.1. The van der Waals surface area contributed by atoms with E-state index in [9.17, 15) is 4.79 Å². The number of fused-ring (bicyclic) bond motifs is 1. The second-order valence-corrected chi connectivity index (χ2v) is 9.62. The number of carbonyl (C=O) groups excluding carboxylic acids is 1. The second kappa shape index (κ2) is 8.66. The van der Waals surface area contributed by atoms with Gasteiger partial charge in [-0.3, -0.25) is 4.79 Å². The average molecular weight is 433 g/mol. The van der Waals surface area contributed by atoms with Gasteiger partial charge in [-0.25, -0.2) is 9.50 Å². The molecule has 2 fully saturated rings. The highest BCUT2D eigenvalue weighted by Crippen LogP contribution is 2.43. The maximum absolute atomic E-state index is 14.1. The smallest absolute Gasteiger partial charge is 0.233 e. The van der Waals surface area contributed by atoms with Gasteiger partial charge in [0.1, 0.15) is 0 Å². The Morgan fingerprint density at radius 3 is 2.72 bits per heavy atom. The normalized spacial score (nSPS) is 21.1. The Hall–Kier alpha value is -2.73. The number of hydrogen-bond donors (Lipinski definition) is 0. The zero-order chi connectivity index (χ0) is 22.1. The van der Waals surface area contributed by atoms with Crippen LogP contribution in [-0.2, 0) is 21.4 Å². The lowest BCUT2D eigenvalue weighted by Crippen LogP contribution is -2.47. The molecule has 0 N–H and O–H groups in total. The minimum Gasteiger partial charge on any atom is -0.379 e. The summed E-state index contributed by atoms with van der Waals surface area (Å²) in [6.07, 6.45) is 8.52. The Balaban J connectivity index is 1.38. The number of amides is 1. The van der Waals surface area contributed by atoms with Crippen molar-refractivity contribution in [2.75, 3.05) is 26.3 Å². The molecule has 0 unspecified atom stereocenters. The Labute approximate surface area is 189 Å². The van der Waals surface area contributed by atoms with E-state index in [1.54, 1.807) is 6.20 Å². The molecule has 6 heteroatoms. The fraction of sp³-hybridized carbons (Fsp3) is 0.500. The molecule has 1 aromatic carbocycles. The number of hydrogen-bond acceptors (Lipinski definition) is 4. The number of aromatic nitrogens is 3. The van der Waals surface area contributed by atoms with Crippen LogP contribution < -0.4 is 0 Å². The summed E-state index contributed by atoms with van der Waals surface area (Å²) in [4.78, 5) is 20.4. The summed E-state index contributed by atoms with van der Waals surface area (Å²) in [5.41, 5.74) is 5.13. The number of carbonyl (C=O) groups is 1. The van der Waals surface area contributed by atoms with Crippen LogP contribution in [0.15, 0.2) is 42.7 Å². The van der Waals surface area contributed by atoms with Gasteiger partial charge < -0.3 is 9.64 Å². The van der Waals surface area contributed by atoms with Crippen LogP contribution in [0.4, 0.5) is 0 Å². The van der Waals surface area contributed by atoms with Gasteiger partial charge in [0.05, 0.1) is 24.3 Å². The van der Waals surface area contributed by atoms with Crippen LogP contribution in [0.2, 0.25) is 0 Å². The fourth-order valence-corrected chi connectivity index (χ4v) is 5.61. The lowest BCUT2D eigenvalue weighted by Gasteiger charge is -2.35. The van der Waals surface area contributed by atoms with Crippen LogP contribution in [0.25, 0.3) is 5.65 Å². The second-order valence-electron chi connectivity index (χ2n) is 9.62. The standard InChI is InChI=1S/C26H32N4O2/c1-19-13-20(2)15-22(14-19)26(7-3-4-8-26)25(31)29-11-12-32-18-21(17-29)16-23-5-6-24-27-9-10-30(24)28-23/h5-6,9-10,13-15,21H,3-4,7-8,11-12,16-18H2,1-2H3/t21-/m0/s1. The third kappa shape index (κ3) is 4.04. The van der Waals surface area contributed by atoms with E-state index in [0.29, 0.717) is 19.8 Å². The topological polar surface area (TPSA) is 59.7 Å². The van der Waals surface area contributed by atoms with Crippen molar-refractivity contribution in [3.63, 3.8) is 0 Å². The molecule has 1 atom stereocenters. The van der Waals surface area contributed by atoms with Gasteiger partial charge >= 0.3 is 0 Å². The molecule has 1 saturated carbocycles. The van der Waals surface area contributed by atoms with Gasteiger partial charge in [-0.1, -0.05) is 42.2 Å². The van der Waals surface area contributed by atoms with E-state index in [1.807, 2.05) is 22.8 Å². The van der Waals surface area contributed by atoms with Crippen LogP contribution in [0.5, 0.6) is 0 Å². The lowest BCUT2D eigenvalue weighted by molar-refractivity contribution is -0.137. The van der Waals surface area contributed by atoms with E-state index in [4.69, 9.17) is 4.74 Å². The highest BCUT2D eigenvalue weighted by atomic mass is 16.5. The Morgan fingerprint density at radius 1 is 1.16 bits per heavy atom. The van der Waals surface area contributed by atoms with Crippen molar-refractivity contribution in [2.45, 2.75) is 51.4 Å². The van der Waals surface area contributed by atoms with Crippen molar-refractivity contribution in [1.29, 1.82) is 0 Å². The summed E-state index contributed by atoms with van der Waals surface area (Å²) in [6.45, 7) is 6.89. The molecule has 3 heterocycles. The molecule has 1 aliphatic carbocycles. The molecule has 5 rings (SSSR count).